The number of anilines is 1. The summed E-state index contributed by atoms with van der Waals surface area (Å²) in [6.07, 6.45) is 5.56. The van der Waals surface area contributed by atoms with E-state index < -0.39 is 0 Å². The van der Waals surface area contributed by atoms with Crippen molar-refractivity contribution in [1.82, 2.24) is 14.8 Å². The Kier molecular flexibility index (Phi) is 7.09. The number of thioether (sulfide) groups is 1. The van der Waals surface area contributed by atoms with E-state index in [9.17, 15) is 4.79 Å². The van der Waals surface area contributed by atoms with E-state index in [1.807, 2.05) is 22.8 Å². The van der Waals surface area contributed by atoms with Gasteiger partial charge in [0.25, 0.3) is 0 Å². The zero-order chi connectivity index (χ0) is 21.6. The van der Waals surface area contributed by atoms with Gasteiger partial charge < -0.3 is 14.5 Å². The zero-order valence-corrected chi connectivity index (χ0v) is 18.8. The Morgan fingerprint density at radius 1 is 1.19 bits per heavy atom. The topological polar surface area (TPSA) is 82.2 Å². The molecule has 0 spiro atoms. The quantitative estimate of drug-likeness (QED) is 0.491. The normalized spacial score (nSPS) is 16.0. The summed E-state index contributed by atoms with van der Waals surface area (Å²) in [4.78, 5) is 12.8. The first-order chi connectivity index (χ1) is 15.2. The average Bonchev–Trinajstić information content (AvgIpc) is 3.55. The Morgan fingerprint density at radius 3 is 2.65 bits per heavy atom. The first-order valence-electron chi connectivity index (χ1n) is 10.8. The smallest absolute Gasteiger partial charge is 0.234 e. The Labute approximate surface area is 186 Å². The largest absolute Gasteiger partial charge is 0.461 e. The second-order valence-corrected chi connectivity index (χ2v) is 8.47. The molecule has 0 bridgehead atoms. The molecule has 4 rings (SSSR count). The van der Waals surface area contributed by atoms with Crippen molar-refractivity contribution in [2.24, 2.45) is 0 Å². The third-order valence-corrected chi connectivity index (χ3v) is 6.43. The second kappa shape index (κ2) is 10.2. The summed E-state index contributed by atoms with van der Waals surface area (Å²) in [6, 6.07) is 9.87. The van der Waals surface area contributed by atoms with Crippen LogP contribution in [0.3, 0.4) is 0 Å². The van der Waals surface area contributed by atoms with Crippen molar-refractivity contribution in [2.75, 3.05) is 17.7 Å². The fraction of sp³-hybridized carbons (Fsp3) is 0.435. The van der Waals surface area contributed by atoms with Gasteiger partial charge in [0.2, 0.25) is 11.7 Å². The molecule has 1 aliphatic rings. The number of amides is 1. The molecule has 164 valence electrons. The molecule has 8 heteroatoms. The summed E-state index contributed by atoms with van der Waals surface area (Å²) in [5.41, 5.74) is 3.24. The van der Waals surface area contributed by atoms with Gasteiger partial charge in [-0.05, 0) is 48.9 Å². The van der Waals surface area contributed by atoms with Crippen molar-refractivity contribution in [3.05, 3.63) is 47.7 Å². The third-order valence-electron chi connectivity index (χ3n) is 5.46. The first-order valence-corrected chi connectivity index (χ1v) is 11.8. The summed E-state index contributed by atoms with van der Waals surface area (Å²) in [5.74, 6) is 1.52. The van der Waals surface area contributed by atoms with Crippen LogP contribution < -0.4 is 5.32 Å². The molecule has 3 heterocycles. The minimum absolute atomic E-state index is 0.0492. The van der Waals surface area contributed by atoms with Crippen LogP contribution >= 0.6 is 11.8 Å². The molecule has 31 heavy (non-hydrogen) atoms. The molecule has 1 saturated heterocycles. The minimum atomic E-state index is -0.0492. The van der Waals surface area contributed by atoms with Gasteiger partial charge in [-0.3, -0.25) is 9.36 Å². The Morgan fingerprint density at radius 2 is 2.00 bits per heavy atom. The van der Waals surface area contributed by atoms with Gasteiger partial charge in [-0.1, -0.05) is 43.8 Å². The van der Waals surface area contributed by atoms with Crippen molar-refractivity contribution < 1.29 is 13.9 Å². The average molecular weight is 441 g/mol. The number of nitrogens with one attached hydrogen (secondary N) is 1. The van der Waals surface area contributed by atoms with E-state index in [2.05, 4.69) is 41.5 Å². The van der Waals surface area contributed by atoms with Crippen LogP contribution in [-0.4, -0.2) is 39.1 Å². The lowest BCUT2D eigenvalue weighted by molar-refractivity contribution is -0.113. The molecule has 1 unspecified atom stereocenters. The molecular weight excluding hydrogens is 412 g/mol. The standard InChI is InChI=1S/C23H28N4O3S/c1-3-16-8-5-9-17(4-2)21(16)24-20(28)15-31-23-26-25-22(19-11-7-13-30-19)27(23)14-18-10-6-12-29-18/h5,7-9,11,13,18H,3-4,6,10,12,14-15H2,1-2H3,(H,24,28). The van der Waals surface area contributed by atoms with Gasteiger partial charge in [-0.2, -0.15) is 0 Å². The van der Waals surface area contributed by atoms with Gasteiger partial charge in [-0.25, -0.2) is 0 Å². The molecule has 1 atom stereocenters. The summed E-state index contributed by atoms with van der Waals surface area (Å²) >= 11 is 1.38. The number of furan rings is 1. The highest BCUT2D eigenvalue weighted by Gasteiger charge is 2.23. The van der Waals surface area contributed by atoms with Crippen LogP contribution in [0.2, 0.25) is 0 Å². The molecular formula is C23H28N4O3S. The van der Waals surface area contributed by atoms with Crippen LogP contribution in [0.5, 0.6) is 0 Å². The van der Waals surface area contributed by atoms with E-state index in [1.54, 1.807) is 6.26 Å². The lowest BCUT2D eigenvalue weighted by Gasteiger charge is -2.15. The number of aryl methyl sites for hydroxylation is 2. The van der Waals surface area contributed by atoms with E-state index in [1.165, 1.54) is 11.8 Å². The maximum absolute atomic E-state index is 12.8. The van der Waals surface area contributed by atoms with E-state index in [4.69, 9.17) is 9.15 Å². The van der Waals surface area contributed by atoms with Gasteiger partial charge in [0.15, 0.2) is 10.9 Å². The number of carbonyl (C=O) groups is 1. The number of carbonyl (C=O) groups excluding carboxylic acids is 1. The lowest BCUT2D eigenvalue weighted by Crippen LogP contribution is -2.19. The van der Waals surface area contributed by atoms with Crippen LogP contribution in [0.25, 0.3) is 11.6 Å². The number of hydrogen-bond acceptors (Lipinski definition) is 6. The maximum Gasteiger partial charge on any atom is 0.234 e. The van der Waals surface area contributed by atoms with E-state index in [0.717, 1.165) is 49.1 Å². The highest BCUT2D eigenvalue weighted by Crippen LogP contribution is 2.28. The van der Waals surface area contributed by atoms with Crippen molar-refractivity contribution in [3.63, 3.8) is 0 Å². The number of aromatic nitrogens is 3. The van der Waals surface area contributed by atoms with E-state index >= 15 is 0 Å². The molecule has 1 aromatic carbocycles. The highest BCUT2D eigenvalue weighted by atomic mass is 32.2. The predicted molar refractivity (Wildman–Crippen MR) is 121 cm³/mol. The van der Waals surface area contributed by atoms with Crippen molar-refractivity contribution in [2.45, 2.75) is 57.3 Å². The first kappa shape index (κ1) is 21.6. The Bertz CT molecular complexity index is 988. The molecule has 0 aliphatic carbocycles. The predicted octanol–water partition coefficient (Wildman–Crippen LogP) is 4.57. The summed E-state index contributed by atoms with van der Waals surface area (Å²) in [7, 11) is 0. The van der Waals surface area contributed by atoms with Crippen LogP contribution in [0, 0.1) is 0 Å². The third kappa shape index (κ3) is 5.02. The molecule has 0 saturated carbocycles. The molecule has 2 aromatic heterocycles. The molecule has 1 fully saturated rings. The summed E-state index contributed by atoms with van der Waals surface area (Å²) in [5, 5.41) is 12.5. The Hall–Kier alpha value is -2.58. The second-order valence-electron chi connectivity index (χ2n) is 7.52. The van der Waals surface area contributed by atoms with Crippen LogP contribution in [0.15, 0.2) is 46.2 Å². The number of hydrogen-bond donors (Lipinski definition) is 1. The minimum Gasteiger partial charge on any atom is -0.461 e. The van der Waals surface area contributed by atoms with Crippen LogP contribution in [-0.2, 0) is 28.9 Å². The molecule has 1 N–H and O–H groups in total. The number of rotatable bonds is 9. The lowest BCUT2D eigenvalue weighted by atomic mass is 10.0. The maximum atomic E-state index is 12.8. The highest BCUT2D eigenvalue weighted by molar-refractivity contribution is 7.99. The summed E-state index contributed by atoms with van der Waals surface area (Å²) in [6.45, 7) is 5.63. The van der Waals surface area contributed by atoms with E-state index in [0.29, 0.717) is 23.3 Å². The van der Waals surface area contributed by atoms with Gasteiger partial charge in [0, 0.05) is 12.3 Å². The number of ether oxygens (including phenoxy) is 1. The number of benzene rings is 1. The van der Waals surface area contributed by atoms with Gasteiger partial charge in [0.1, 0.15) is 0 Å². The molecule has 3 aromatic rings. The van der Waals surface area contributed by atoms with Crippen molar-refractivity contribution in [3.8, 4) is 11.6 Å². The fourth-order valence-corrected chi connectivity index (χ4v) is 4.60. The zero-order valence-electron chi connectivity index (χ0n) is 18.0. The van der Waals surface area contributed by atoms with Gasteiger partial charge >= 0.3 is 0 Å². The van der Waals surface area contributed by atoms with Crippen LogP contribution in [0.1, 0.15) is 37.8 Å². The number of para-hydroxylation sites is 1. The molecule has 0 radical (unpaired) electrons. The molecule has 1 aliphatic heterocycles. The van der Waals surface area contributed by atoms with Gasteiger partial charge in [0.05, 0.1) is 24.7 Å². The monoisotopic (exact) mass is 440 g/mol. The molecule has 1 amide bonds. The fourth-order valence-electron chi connectivity index (χ4n) is 3.85. The van der Waals surface area contributed by atoms with Crippen molar-refractivity contribution >= 4 is 23.4 Å². The van der Waals surface area contributed by atoms with Crippen LogP contribution in [0.4, 0.5) is 5.69 Å². The van der Waals surface area contributed by atoms with Crippen molar-refractivity contribution in [1.29, 1.82) is 0 Å². The summed E-state index contributed by atoms with van der Waals surface area (Å²) < 4.78 is 13.4. The SMILES string of the molecule is CCc1cccc(CC)c1NC(=O)CSc1nnc(-c2ccco2)n1CC1CCCO1. The molecule has 7 nitrogen and oxygen atoms in total. The number of nitrogens with zero attached hydrogens (tertiary/aromatic N) is 3. The van der Waals surface area contributed by atoms with E-state index in [-0.39, 0.29) is 17.8 Å². The van der Waals surface area contributed by atoms with Gasteiger partial charge in [-0.15, -0.1) is 10.2 Å². The Balaban J connectivity index is 1.49.